The molecule has 0 spiro atoms. The lowest BCUT2D eigenvalue weighted by molar-refractivity contribution is 0.598. The minimum Gasteiger partial charge on any atom is -0.380 e. The lowest BCUT2D eigenvalue weighted by atomic mass is 10.2. The molecule has 0 fully saturated rings. The summed E-state index contributed by atoms with van der Waals surface area (Å²) < 4.78 is 23.9. The Bertz CT molecular complexity index is 1000. The molecule has 0 aliphatic carbocycles. The van der Waals surface area contributed by atoms with Crippen LogP contribution in [0.1, 0.15) is 6.42 Å². The van der Waals surface area contributed by atoms with Gasteiger partial charge in [-0.1, -0.05) is 30.3 Å². The summed E-state index contributed by atoms with van der Waals surface area (Å²) in [5.41, 5.74) is 0.544. The van der Waals surface area contributed by atoms with Gasteiger partial charge in [-0.15, -0.1) is 23.5 Å². The summed E-state index contributed by atoms with van der Waals surface area (Å²) in [6.45, 7) is 0. The van der Waals surface area contributed by atoms with Crippen LogP contribution in [0.15, 0.2) is 93.8 Å². The Labute approximate surface area is 180 Å². The molecule has 0 unspecified atom stereocenters. The first kappa shape index (κ1) is 21.7. The smallest absolute Gasteiger partial charge is 0.240 e. The Kier molecular flexibility index (Phi) is 8.00. The predicted octanol–water partition coefficient (Wildman–Crippen LogP) is 4.48. The SMILES string of the molecule is NS(=O)(=O)c1ccccc1N[C@H](CCSc1ccncc1)CSc1ccccc1. The molecule has 5 nitrogen and oxygen atoms in total. The van der Waals surface area contributed by atoms with Gasteiger partial charge >= 0.3 is 0 Å². The van der Waals surface area contributed by atoms with Gasteiger partial charge in [-0.25, -0.2) is 13.6 Å². The number of pyridine rings is 1. The van der Waals surface area contributed by atoms with Gasteiger partial charge in [-0.2, -0.15) is 0 Å². The number of rotatable bonds is 10. The van der Waals surface area contributed by atoms with E-state index >= 15 is 0 Å². The lowest BCUT2D eigenvalue weighted by Gasteiger charge is -2.21. The van der Waals surface area contributed by atoms with Gasteiger partial charge in [0, 0.05) is 34.0 Å². The average Bonchev–Trinajstić information content (AvgIpc) is 2.73. The minimum absolute atomic E-state index is 0.0810. The van der Waals surface area contributed by atoms with Crippen LogP contribution in [0.25, 0.3) is 0 Å². The Morgan fingerprint density at radius 2 is 1.55 bits per heavy atom. The lowest BCUT2D eigenvalue weighted by Crippen LogP contribution is -2.25. The summed E-state index contributed by atoms with van der Waals surface area (Å²) in [6, 6.07) is 21.0. The quantitative estimate of drug-likeness (QED) is 0.448. The largest absolute Gasteiger partial charge is 0.380 e. The number of hydrogen-bond donors (Lipinski definition) is 2. The zero-order valence-electron chi connectivity index (χ0n) is 15.8. The molecule has 3 rings (SSSR count). The first-order chi connectivity index (χ1) is 14.0. The van der Waals surface area contributed by atoms with Crippen molar-refractivity contribution in [3.8, 4) is 0 Å². The molecule has 2 aromatic carbocycles. The number of para-hydroxylation sites is 1. The molecule has 1 aromatic heterocycles. The van der Waals surface area contributed by atoms with E-state index < -0.39 is 10.0 Å². The van der Waals surface area contributed by atoms with E-state index in [9.17, 15) is 8.42 Å². The van der Waals surface area contributed by atoms with Crippen molar-refractivity contribution in [3.05, 3.63) is 79.1 Å². The predicted molar refractivity (Wildman–Crippen MR) is 122 cm³/mol. The summed E-state index contributed by atoms with van der Waals surface area (Å²) >= 11 is 3.50. The van der Waals surface area contributed by atoms with Gasteiger partial charge in [0.25, 0.3) is 0 Å². The van der Waals surface area contributed by atoms with E-state index in [-0.39, 0.29) is 10.9 Å². The standard InChI is InChI=1S/C21H23N3O2S3/c22-29(25,26)21-9-5-4-8-20(21)24-17(16-28-18-6-2-1-3-7-18)12-15-27-19-10-13-23-14-11-19/h1-11,13-14,17,24H,12,15-16H2,(H2,22,25,26)/t17-/m1/s1. The molecule has 0 radical (unpaired) electrons. The van der Waals surface area contributed by atoms with Crippen LogP contribution in [-0.4, -0.2) is 30.9 Å². The number of primary sulfonamides is 1. The molecule has 0 aliphatic rings. The van der Waals surface area contributed by atoms with Crippen molar-refractivity contribution in [1.29, 1.82) is 0 Å². The number of thioether (sulfide) groups is 2. The minimum atomic E-state index is -3.79. The molecule has 0 saturated carbocycles. The van der Waals surface area contributed by atoms with E-state index in [2.05, 4.69) is 22.4 Å². The molecule has 3 aromatic rings. The van der Waals surface area contributed by atoms with Crippen LogP contribution in [0.3, 0.4) is 0 Å². The zero-order chi connectivity index (χ0) is 20.5. The van der Waals surface area contributed by atoms with Crippen molar-refractivity contribution in [1.82, 2.24) is 4.98 Å². The number of nitrogens with two attached hydrogens (primary N) is 1. The number of anilines is 1. The maximum absolute atomic E-state index is 11.9. The van der Waals surface area contributed by atoms with Crippen molar-refractivity contribution >= 4 is 39.2 Å². The van der Waals surface area contributed by atoms with Gasteiger partial charge in [0.2, 0.25) is 10.0 Å². The van der Waals surface area contributed by atoms with Crippen LogP contribution in [0.5, 0.6) is 0 Å². The Morgan fingerprint density at radius 1 is 0.897 bits per heavy atom. The van der Waals surface area contributed by atoms with E-state index in [1.807, 2.05) is 36.4 Å². The molecule has 152 valence electrons. The summed E-state index contributed by atoms with van der Waals surface area (Å²) in [6.07, 6.45) is 4.43. The van der Waals surface area contributed by atoms with Crippen LogP contribution in [0.2, 0.25) is 0 Å². The van der Waals surface area contributed by atoms with Crippen molar-refractivity contribution in [2.45, 2.75) is 27.1 Å². The van der Waals surface area contributed by atoms with Crippen LogP contribution < -0.4 is 10.5 Å². The van der Waals surface area contributed by atoms with E-state index in [0.29, 0.717) is 5.69 Å². The zero-order valence-corrected chi connectivity index (χ0v) is 18.2. The summed E-state index contributed by atoms with van der Waals surface area (Å²) in [7, 11) is -3.79. The molecule has 0 bridgehead atoms. The summed E-state index contributed by atoms with van der Waals surface area (Å²) in [5, 5.41) is 8.80. The second kappa shape index (κ2) is 10.7. The van der Waals surface area contributed by atoms with E-state index in [4.69, 9.17) is 5.14 Å². The van der Waals surface area contributed by atoms with Gasteiger partial charge in [0.15, 0.2) is 0 Å². The molecule has 1 atom stereocenters. The maximum atomic E-state index is 11.9. The molecule has 3 N–H and O–H groups in total. The first-order valence-corrected chi connectivity index (χ1v) is 12.6. The highest BCUT2D eigenvalue weighted by Gasteiger charge is 2.17. The highest BCUT2D eigenvalue weighted by molar-refractivity contribution is 7.99. The third kappa shape index (κ3) is 7.08. The number of nitrogens with zero attached hydrogens (tertiary/aromatic N) is 1. The summed E-state index contributed by atoms with van der Waals surface area (Å²) in [4.78, 5) is 6.51. The van der Waals surface area contributed by atoms with Gasteiger partial charge in [-0.3, -0.25) is 4.98 Å². The van der Waals surface area contributed by atoms with Gasteiger partial charge in [0.05, 0.1) is 5.69 Å². The maximum Gasteiger partial charge on any atom is 0.240 e. The monoisotopic (exact) mass is 445 g/mol. The number of aromatic nitrogens is 1. The number of nitrogens with one attached hydrogen (secondary N) is 1. The molecule has 29 heavy (non-hydrogen) atoms. The Hall–Kier alpha value is -2.00. The second-order valence-electron chi connectivity index (χ2n) is 6.33. The second-order valence-corrected chi connectivity index (χ2v) is 10.1. The fourth-order valence-corrected chi connectivity index (χ4v) is 5.37. The molecule has 8 heteroatoms. The molecule has 0 amide bonds. The van der Waals surface area contributed by atoms with Crippen LogP contribution in [0, 0.1) is 0 Å². The molecule has 1 heterocycles. The van der Waals surface area contributed by atoms with Gasteiger partial charge in [0.1, 0.15) is 4.90 Å². The van der Waals surface area contributed by atoms with Gasteiger partial charge in [-0.05, 0) is 48.6 Å². The average molecular weight is 446 g/mol. The van der Waals surface area contributed by atoms with E-state index in [1.54, 1.807) is 48.1 Å². The van der Waals surface area contributed by atoms with Gasteiger partial charge < -0.3 is 5.32 Å². The fourth-order valence-electron chi connectivity index (χ4n) is 2.72. The number of benzene rings is 2. The fraction of sp³-hybridized carbons (Fsp3) is 0.190. The van der Waals surface area contributed by atoms with E-state index in [0.717, 1.165) is 17.9 Å². The number of sulfonamides is 1. The number of hydrogen-bond acceptors (Lipinski definition) is 6. The van der Waals surface area contributed by atoms with E-state index in [1.165, 1.54) is 15.9 Å². The van der Waals surface area contributed by atoms with Crippen molar-refractivity contribution < 1.29 is 8.42 Å². The highest BCUT2D eigenvalue weighted by atomic mass is 32.2. The molecule has 0 aliphatic heterocycles. The van der Waals surface area contributed by atoms with Crippen molar-refractivity contribution in [2.75, 3.05) is 16.8 Å². The van der Waals surface area contributed by atoms with Crippen LogP contribution in [-0.2, 0) is 10.0 Å². The Balaban J connectivity index is 1.70. The molecular formula is C21H23N3O2S3. The van der Waals surface area contributed by atoms with Crippen LogP contribution in [0.4, 0.5) is 5.69 Å². The van der Waals surface area contributed by atoms with Crippen molar-refractivity contribution in [3.63, 3.8) is 0 Å². The first-order valence-electron chi connectivity index (χ1n) is 9.11. The molecule has 0 saturated heterocycles. The van der Waals surface area contributed by atoms with Crippen molar-refractivity contribution in [2.24, 2.45) is 5.14 Å². The Morgan fingerprint density at radius 3 is 2.28 bits per heavy atom. The topological polar surface area (TPSA) is 85.1 Å². The normalized spacial score (nSPS) is 12.4. The third-order valence-corrected chi connectivity index (χ3v) is 7.32. The summed E-state index contributed by atoms with van der Waals surface area (Å²) in [5.74, 6) is 1.70. The third-order valence-electron chi connectivity index (χ3n) is 4.13. The van der Waals surface area contributed by atoms with Crippen LogP contribution >= 0.6 is 23.5 Å². The molecular weight excluding hydrogens is 422 g/mol. The highest BCUT2D eigenvalue weighted by Crippen LogP contribution is 2.26.